The summed E-state index contributed by atoms with van der Waals surface area (Å²) in [7, 11) is 1.79. The van der Waals surface area contributed by atoms with Gasteiger partial charge in [-0.1, -0.05) is 11.6 Å². The largest absolute Gasteiger partial charge is 0.369 e. The zero-order valence-corrected chi connectivity index (χ0v) is 12.3. The highest BCUT2D eigenvalue weighted by Crippen LogP contribution is 2.23. The van der Waals surface area contributed by atoms with E-state index in [9.17, 15) is 0 Å². The van der Waals surface area contributed by atoms with Gasteiger partial charge < -0.3 is 10.6 Å². The summed E-state index contributed by atoms with van der Waals surface area (Å²) in [4.78, 5) is 9.94. The molecule has 0 atom stereocenters. The molecule has 0 saturated carbocycles. The Balaban J connectivity index is 1.74. The third-order valence-corrected chi connectivity index (χ3v) is 4.12. The summed E-state index contributed by atoms with van der Waals surface area (Å²) in [5, 5.41) is 14.0. The fraction of sp³-hybridized carbons (Fsp3) is 0.250. The Kier molecular flexibility index (Phi) is 3.70. The third-order valence-electron chi connectivity index (χ3n) is 2.83. The molecule has 0 aliphatic heterocycles. The first-order valence-corrected chi connectivity index (χ1v) is 7.32. The Bertz CT molecular complexity index is 722. The Morgan fingerprint density at radius 3 is 3.00 bits per heavy atom. The fourth-order valence-corrected chi connectivity index (χ4v) is 2.96. The van der Waals surface area contributed by atoms with Crippen molar-refractivity contribution in [3.05, 3.63) is 27.5 Å². The summed E-state index contributed by atoms with van der Waals surface area (Å²) in [6.45, 7) is 0.775. The van der Waals surface area contributed by atoms with E-state index < -0.39 is 0 Å². The standard InChI is InChI=1S/C12H13ClN6S/c1-14-12-17-10(8-6-16-19-11(8)18-12)15-5-4-7-2-3-9(13)20-7/h2-3,6H,4-5H2,1H3,(H3,14,15,16,17,18,19). The Hall–Kier alpha value is -1.86. The molecule has 3 aromatic rings. The van der Waals surface area contributed by atoms with Crippen molar-refractivity contribution in [2.75, 3.05) is 24.2 Å². The maximum absolute atomic E-state index is 5.92. The van der Waals surface area contributed by atoms with Crippen LogP contribution in [0.25, 0.3) is 11.0 Å². The Morgan fingerprint density at radius 1 is 1.35 bits per heavy atom. The van der Waals surface area contributed by atoms with E-state index in [4.69, 9.17) is 11.6 Å². The van der Waals surface area contributed by atoms with Gasteiger partial charge in [-0.05, 0) is 18.6 Å². The smallest absolute Gasteiger partial charge is 0.226 e. The minimum Gasteiger partial charge on any atom is -0.369 e. The molecule has 3 heterocycles. The lowest BCUT2D eigenvalue weighted by molar-refractivity contribution is 1.03. The second-order valence-electron chi connectivity index (χ2n) is 4.16. The first kappa shape index (κ1) is 13.1. The van der Waals surface area contributed by atoms with Gasteiger partial charge in [0.2, 0.25) is 5.95 Å². The molecule has 0 saturated heterocycles. The number of halogens is 1. The molecular formula is C12H13ClN6S. The minimum absolute atomic E-state index is 0.559. The first-order chi connectivity index (χ1) is 9.76. The second kappa shape index (κ2) is 5.64. The predicted molar refractivity (Wildman–Crippen MR) is 82.8 cm³/mol. The van der Waals surface area contributed by atoms with Crippen LogP contribution in [0.4, 0.5) is 11.8 Å². The summed E-state index contributed by atoms with van der Waals surface area (Å²) in [6, 6.07) is 3.96. The Labute approximate surface area is 124 Å². The topological polar surface area (TPSA) is 78.5 Å². The van der Waals surface area contributed by atoms with Crippen molar-refractivity contribution in [1.29, 1.82) is 0 Å². The monoisotopic (exact) mass is 308 g/mol. The third kappa shape index (κ3) is 2.68. The molecule has 104 valence electrons. The molecule has 0 radical (unpaired) electrons. The van der Waals surface area contributed by atoms with Gasteiger partial charge in [-0.3, -0.25) is 5.10 Å². The maximum Gasteiger partial charge on any atom is 0.226 e. The number of rotatable bonds is 5. The summed E-state index contributed by atoms with van der Waals surface area (Å²) in [5.41, 5.74) is 0.714. The number of aromatic amines is 1. The molecular weight excluding hydrogens is 296 g/mol. The SMILES string of the molecule is CNc1nc(NCCc2ccc(Cl)s2)c2cn[nH]c2n1. The van der Waals surface area contributed by atoms with Crippen molar-refractivity contribution < 1.29 is 0 Å². The number of hydrogen-bond acceptors (Lipinski definition) is 6. The van der Waals surface area contributed by atoms with E-state index in [0.29, 0.717) is 11.6 Å². The first-order valence-electron chi connectivity index (χ1n) is 6.13. The highest BCUT2D eigenvalue weighted by Gasteiger charge is 2.08. The molecule has 0 aliphatic rings. The predicted octanol–water partition coefficient (Wildman–Crippen LogP) is 2.76. The van der Waals surface area contributed by atoms with Crippen LogP contribution in [0.3, 0.4) is 0 Å². The molecule has 0 aliphatic carbocycles. The van der Waals surface area contributed by atoms with Gasteiger partial charge in [0.25, 0.3) is 0 Å². The number of nitrogens with one attached hydrogen (secondary N) is 3. The zero-order valence-electron chi connectivity index (χ0n) is 10.8. The lowest BCUT2D eigenvalue weighted by Crippen LogP contribution is -2.08. The van der Waals surface area contributed by atoms with Crippen molar-refractivity contribution in [3.8, 4) is 0 Å². The van der Waals surface area contributed by atoms with E-state index in [-0.39, 0.29) is 0 Å². The maximum atomic E-state index is 5.92. The van der Waals surface area contributed by atoms with Gasteiger partial charge in [0.05, 0.1) is 15.9 Å². The van der Waals surface area contributed by atoms with Crippen LogP contribution in [-0.2, 0) is 6.42 Å². The molecule has 0 fully saturated rings. The van der Waals surface area contributed by atoms with E-state index in [2.05, 4.69) is 30.8 Å². The molecule has 3 N–H and O–H groups in total. The van der Waals surface area contributed by atoms with Gasteiger partial charge in [0.15, 0.2) is 5.65 Å². The van der Waals surface area contributed by atoms with Crippen LogP contribution in [0.1, 0.15) is 4.88 Å². The quantitative estimate of drug-likeness (QED) is 0.675. The molecule has 3 aromatic heterocycles. The highest BCUT2D eigenvalue weighted by atomic mass is 35.5. The molecule has 0 amide bonds. The summed E-state index contributed by atoms with van der Waals surface area (Å²) in [6.07, 6.45) is 2.62. The van der Waals surface area contributed by atoms with Crippen LogP contribution in [-0.4, -0.2) is 33.8 Å². The molecule has 0 aromatic carbocycles. The van der Waals surface area contributed by atoms with E-state index in [1.54, 1.807) is 24.6 Å². The van der Waals surface area contributed by atoms with Crippen LogP contribution >= 0.6 is 22.9 Å². The average molecular weight is 309 g/mol. The van der Waals surface area contributed by atoms with Crippen LogP contribution < -0.4 is 10.6 Å². The minimum atomic E-state index is 0.559. The molecule has 6 nitrogen and oxygen atoms in total. The summed E-state index contributed by atoms with van der Waals surface area (Å²) >= 11 is 7.51. The Morgan fingerprint density at radius 2 is 2.25 bits per heavy atom. The summed E-state index contributed by atoms with van der Waals surface area (Å²) < 4.78 is 0.816. The van der Waals surface area contributed by atoms with Gasteiger partial charge >= 0.3 is 0 Å². The normalized spacial score (nSPS) is 10.9. The zero-order chi connectivity index (χ0) is 13.9. The summed E-state index contributed by atoms with van der Waals surface area (Å²) in [5.74, 6) is 1.33. The number of H-pyrrole nitrogens is 1. The van der Waals surface area contributed by atoms with Gasteiger partial charge in [0.1, 0.15) is 5.82 Å². The lowest BCUT2D eigenvalue weighted by atomic mass is 10.3. The number of hydrogen-bond donors (Lipinski definition) is 3. The van der Waals surface area contributed by atoms with Crippen molar-refractivity contribution in [3.63, 3.8) is 0 Å². The number of thiophene rings is 1. The molecule has 0 bridgehead atoms. The van der Waals surface area contributed by atoms with Gasteiger partial charge in [-0.25, -0.2) is 0 Å². The van der Waals surface area contributed by atoms with Gasteiger partial charge in [0, 0.05) is 18.5 Å². The molecule has 3 rings (SSSR count). The second-order valence-corrected chi connectivity index (χ2v) is 5.96. The van der Waals surface area contributed by atoms with Crippen molar-refractivity contribution in [2.24, 2.45) is 0 Å². The molecule has 20 heavy (non-hydrogen) atoms. The number of nitrogens with zero attached hydrogens (tertiary/aromatic N) is 3. The van der Waals surface area contributed by atoms with E-state index in [0.717, 1.165) is 28.5 Å². The highest BCUT2D eigenvalue weighted by molar-refractivity contribution is 7.16. The van der Waals surface area contributed by atoms with Crippen LogP contribution in [0.2, 0.25) is 4.34 Å². The van der Waals surface area contributed by atoms with Crippen molar-refractivity contribution in [1.82, 2.24) is 20.2 Å². The molecule has 8 heteroatoms. The van der Waals surface area contributed by atoms with Crippen LogP contribution in [0, 0.1) is 0 Å². The van der Waals surface area contributed by atoms with Crippen LogP contribution in [0.5, 0.6) is 0 Å². The number of fused-ring (bicyclic) bond motifs is 1. The van der Waals surface area contributed by atoms with Crippen molar-refractivity contribution >= 4 is 45.7 Å². The van der Waals surface area contributed by atoms with Crippen LogP contribution in [0.15, 0.2) is 18.3 Å². The van der Waals surface area contributed by atoms with Crippen molar-refractivity contribution in [2.45, 2.75) is 6.42 Å². The van der Waals surface area contributed by atoms with Gasteiger partial charge in [-0.15, -0.1) is 11.3 Å². The average Bonchev–Trinajstić information content (AvgIpc) is 3.07. The number of aromatic nitrogens is 4. The van der Waals surface area contributed by atoms with E-state index in [1.807, 2.05) is 12.1 Å². The molecule has 0 spiro atoms. The molecule has 0 unspecified atom stereocenters. The van der Waals surface area contributed by atoms with E-state index >= 15 is 0 Å². The number of anilines is 2. The fourth-order valence-electron chi connectivity index (χ4n) is 1.87. The van der Waals surface area contributed by atoms with Gasteiger partial charge in [-0.2, -0.15) is 15.1 Å². The van der Waals surface area contributed by atoms with E-state index in [1.165, 1.54) is 4.88 Å². The lowest BCUT2D eigenvalue weighted by Gasteiger charge is -2.07.